The van der Waals surface area contributed by atoms with Gasteiger partial charge in [0, 0.05) is 24.5 Å². The molecule has 0 bridgehead atoms. The van der Waals surface area contributed by atoms with E-state index in [-0.39, 0.29) is 18.2 Å². The normalized spacial score (nSPS) is 14.3. The molecule has 2 aromatic rings. The standard InChI is InChI=1S/C23H29N3O3/c1-3-29-21-7-5-4-6-20(21)25-23(28)16-22(27)24-18-8-10-19(11-9-18)26-14-12-17(2)13-15-26/h4-11,17H,3,12-16H2,1-2H3,(H,24,27)(H,25,28). The minimum absolute atomic E-state index is 0.258. The van der Waals surface area contributed by atoms with Crippen LogP contribution < -0.4 is 20.3 Å². The Hall–Kier alpha value is -3.02. The van der Waals surface area contributed by atoms with Crippen LogP contribution in [0.1, 0.15) is 33.1 Å². The molecule has 6 heteroatoms. The lowest BCUT2D eigenvalue weighted by Gasteiger charge is -2.32. The van der Waals surface area contributed by atoms with Crippen molar-refractivity contribution >= 4 is 28.9 Å². The number of piperidine rings is 1. The van der Waals surface area contributed by atoms with Gasteiger partial charge in [-0.3, -0.25) is 9.59 Å². The van der Waals surface area contributed by atoms with Crippen molar-refractivity contribution < 1.29 is 14.3 Å². The van der Waals surface area contributed by atoms with Crippen LogP contribution in [-0.2, 0) is 9.59 Å². The molecular formula is C23H29N3O3. The molecule has 2 aromatic carbocycles. The van der Waals surface area contributed by atoms with Crippen LogP contribution in [0.4, 0.5) is 17.1 Å². The summed E-state index contributed by atoms with van der Waals surface area (Å²) >= 11 is 0. The summed E-state index contributed by atoms with van der Waals surface area (Å²) in [6.07, 6.45) is 2.16. The molecule has 0 aliphatic carbocycles. The maximum Gasteiger partial charge on any atom is 0.233 e. The number of nitrogens with one attached hydrogen (secondary N) is 2. The fourth-order valence-electron chi connectivity index (χ4n) is 3.42. The van der Waals surface area contributed by atoms with Gasteiger partial charge >= 0.3 is 0 Å². The number of carbonyl (C=O) groups excluding carboxylic acids is 2. The largest absolute Gasteiger partial charge is 0.492 e. The number of hydrogen-bond donors (Lipinski definition) is 2. The lowest BCUT2D eigenvalue weighted by Crippen LogP contribution is -2.32. The monoisotopic (exact) mass is 395 g/mol. The zero-order chi connectivity index (χ0) is 20.6. The number of carbonyl (C=O) groups is 2. The minimum Gasteiger partial charge on any atom is -0.492 e. The Balaban J connectivity index is 1.51. The zero-order valence-electron chi connectivity index (χ0n) is 17.1. The third kappa shape index (κ3) is 5.98. The number of benzene rings is 2. The molecule has 1 fully saturated rings. The summed E-state index contributed by atoms with van der Waals surface area (Å²) in [4.78, 5) is 26.8. The molecule has 0 atom stereocenters. The summed E-state index contributed by atoms with van der Waals surface area (Å²) in [5.74, 6) is 0.646. The summed E-state index contributed by atoms with van der Waals surface area (Å²) in [7, 11) is 0. The van der Waals surface area contributed by atoms with Crippen LogP contribution >= 0.6 is 0 Å². The average Bonchev–Trinajstić information content (AvgIpc) is 2.71. The van der Waals surface area contributed by atoms with E-state index in [9.17, 15) is 9.59 Å². The van der Waals surface area contributed by atoms with Crippen molar-refractivity contribution in [3.05, 3.63) is 48.5 Å². The van der Waals surface area contributed by atoms with E-state index in [1.54, 1.807) is 12.1 Å². The van der Waals surface area contributed by atoms with Crippen LogP contribution in [0.5, 0.6) is 5.75 Å². The van der Waals surface area contributed by atoms with Crippen LogP contribution in [0, 0.1) is 5.92 Å². The first-order chi connectivity index (χ1) is 14.0. The fraction of sp³-hybridized carbons (Fsp3) is 0.391. The number of hydrogen-bond acceptors (Lipinski definition) is 4. The van der Waals surface area contributed by atoms with E-state index in [4.69, 9.17) is 4.74 Å². The van der Waals surface area contributed by atoms with E-state index in [0.717, 1.165) is 19.0 Å². The number of para-hydroxylation sites is 2. The maximum absolute atomic E-state index is 12.2. The predicted octanol–water partition coefficient (Wildman–Crippen LogP) is 4.29. The van der Waals surface area contributed by atoms with Crippen LogP contribution in [-0.4, -0.2) is 31.5 Å². The van der Waals surface area contributed by atoms with E-state index < -0.39 is 0 Å². The lowest BCUT2D eigenvalue weighted by molar-refractivity contribution is -0.123. The first-order valence-corrected chi connectivity index (χ1v) is 10.2. The Morgan fingerprint density at radius 2 is 1.66 bits per heavy atom. The smallest absolute Gasteiger partial charge is 0.233 e. The molecule has 1 aliphatic heterocycles. The topological polar surface area (TPSA) is 70.7 Å². The highest BCUT2D eigenvalue weighted by Crippen LogP contribution is 2.25. The van der Waals surface area contributed by atoms with Crippen molar-refractivity contribution in [2.24, 2.45) is 5.92 Å². The highest BCUT2D eigenvalue weighted by Gasteiger charge is 2.16. The molecule has 2 N–H and O–H groups in total. The van der Waals surface area contributed by atoms with E-state index >= 15 is 0 Å². The zero-order valence-corrected chi connectivity index (χ0v) is 17.1. The number of rotatable bonds is 7. The molecule has 0 spiro atoms. The minimum atomic E-state index is -0.381. The number of amides is 2. The second kappa shape index (κ2) is 9.96. The van der Waals surface area contributed by atoms with Crippen molar-refractivity contribution in [3.63, 3.8) is 0 Å². The summed E-state index contributed by atoms with van der Waals surface area (Å²) in [5, 5.41) is 5.52. The second-order valence-electron chi connectivity index (χ2n) is 7.42. The first-order valence-electron chi connectivity index (χ1n) is 10.2. The Bertz CT molecular complexity index is 828. The van der Waals surface area contributed by atoms with Crippen LogP contribution in [0.3, 0.4) is 0 Å². The number of nitrogens with zero attached hydrogens (tertiary/aromatic N) is 1. The molecule has 0 aromatic heterocycles. The third-order valence-corrected chi connectivity index (χ3v) is 5.08. The van der Waals surface area contributed by atoms with Gasteiger partial charge in [0.15, 0.2) is 0 Å². The molecule has 2 amide bonds. The summed E-state index contributed by atoms with van der Waals surface area (Å²) in [6.45, 7) is 6.80. The summed E-state index contributed by atoms with van der Waals surface area (Å²) < 4.78 is 5.49. The molecular weight excluding hydrogens is 366 g/mol. The van der Waals surface area contributed by atoms with Gasteiger partial charge in [0.05, 0.1) is 12.3 Å². The van der Waals surface area contributed by atoms with Gasteiger partial charge in [-0.2, -0.15) is 0 Å². The lowest BCUT2D eigenvalue weighted by atomic mass is 9.99. The van der Waals surface area contributed by atoms with Gasteiger partial charge in [0.25, 0.3) is 0 Å². The molecule has 1 heterocycles. The van der Waals surface area contributed by atoms with Gasteiger partial charge in [-0.15, -0.1) is 0 Å². The summed E-state index contributed by atoms with van der Waals surface area (Å²) in [6, 6.07) is 15.0. The van der Waals surface area contributed by atoms with Crippen LogP contribution in [0.2, 0.25) is 0 Å². The molecule has 1 aliphatic rings. The molecule has 3 rings (SSSR count). The fourth-order valence-corrected chi connectivity index (χ4v) is 3.42. The quantitative estimate of drug-likeness (QED) is 0.686. The SMILES string of the molecule is CCOc1ccccc1NC(=O)CC(=O)Nc1ccc(N2CCC(C)CC2)cc1. The van der Waals surface area contributed by atoms with Gasteiger partial charge in [-0.25, -0.2) is 0 Å². The van der Waals surface area contributed by atoms with Crippen LogP contribution in [0.25, 0.3) is 0 Å². The Labute approximate surface area is 172 Å². The summed E-state index contributed by atoms with van der Waals surface area (Å²) in [5.41, 5.74) is 2.42. The molecule has 29 heavy (non-hydrogen) atoms. The van der Waals surface area contributed by atoms with E-state index in [0.29, 0.717) is 23.7 Å². The number of ether oxygens (including phenoxy) is 1. The Kier molecular flexibility index (Phi) is 7.11. The highest BCUT2D eigenvalue weighted by molar-refractivity contribution is 6.08. The molecule has 6 nitrogen and oxygen atoms in total. The van der Waals surface area contributed by atoms with Crippen LogP contribution in [0.15, 0.2) is 48.5 Å². The highest BCUT2D eigenvalue weighted by atomic mass is 16.5. The average molecular weight is 396 g/mol. The van der Waals surface area contributed by atoms with Crippen molar-refractivity contribution in [1.82, 2.24) is 0 Å². The van der Waals surface area contributed by atoms with Gasteiger partial charge in [0.1, 0.15) is 12.2 Å². The van der Waals surface area contributed by atoms with Crippen molar-refractivity contribution in [3.8, 4) is 5.75 Å². The first kappa shape index (κ1) is 20.7. The van der Waals surface area contributed by atoms with Gasteiger partial charge in [-0.05, 0) is 62.1 Å². The molecule has 1 saturated heterocycles. The van der Waals surface area contributed by atoms with E-state index in [1.807, 2.05) is 43.3 Å². The third-order valence-electron chi connectivity index (χ3n) is 5.08. The second-order valence-corrected chi connectivity index (χ2v) is 7.42. The molecule has 0 saturated carbocycles. The molecule has 0 radical (unpaired) electrons. The Morgan fingerprint density at radius 1 is 1.00 bits per heavy atom. The Morgan fingerprint density at radius 3 is 2.34 bits per heavy atom. The van der Waals surface area contributed by atoms with Gasteiger partial charge in [-0.1, -0.05) is 19.1 Å². The van der Waals surface area contributed by atoms with E-state index in [1.165, 1.54) is 18.5 Å². The maximum atomic E-state index is 12.2. The molecule has 154 valence electrons. The molecule has 0 unspecified atom stereocenters. The number of anilines is 3. The van der Waals surface area contributed by atoms with Crippen molar-refractivity contribution in [1.29, 1.82) is 0 Å². The van der Waals surface area contributed by atoms with Crippen molar-refractivity contribution in [2.45, 2.75) is 33.1 Å². The predicted molar refractivity (Wildman–Crippen MR) is 117 cm³/mol. The van der Waals surface area contributed by atoms with Gasteiger partial charge in [0.2, 0.25) is 11.8 Å². The van der Waals surface area contributed by atoms with Gasteiger partial charge < -0.3 is 20.3 Å². The van der Waals surface area contributed by atoms with Crippen molar-refractivity contribution in [2.75, 3.05) is 35.2 Å². The van der Waals surface area contributed by atoms with E-state index in [2.05, 4.69) is 22.5 Å².